The van der Waals surface area contributed by atoms with Crippen molar-refractivity contribution in [1.82, 2.24) is 9.38 Å². The first-order valence-corrected chi connectivity index (χ1v) is 11.6. The number of halogens is 1. The fourth-order valence-electron chi connectivity index (χ4n) is 3.38. The first-order valence-electron chi connectivity index (χ1n) is 10.1. The monoisotopic (exact) mass is 452 g/mol. The maximum atomic E-state index is 13.8. The fraction of sp³-hybridized carbons (Fsp3) is 0.167. The normalized spacial score (nSPS) is 11.6. The Balaban J connectivity index is 1.46. The summed E-state index contributed by atoms with van der Waals surface area (Å²) in [6, 6.07) is 13.4. The van der Waals surface area contributed by atoms with Gasteiger partial charge in [-0.05, 0) is 55.3 Å². The lowest BCUT2D eigenvalue weighted by Gasteiger charge is -2.09. The number of hydrogen-bond donors (Lipinski definition) is 0. The highest BCUT2D eigenvalue weighted by molar-refractivity contribution is 7.91. The zero-order valence-electron chi connectivity index (χ0n) is 17.4. The average Bonchev–Trinajstić information content (AvgIpc) is 3.27. The van der Waals surface area contributed by atoms with E-state index in [1.54, 1.807) is 54.2 Å². The number of aryl methyl sites for hydroxylation is 1. The summed E-state index contributed by atoms with van der Waals surface area (Å²) < 4.78 is 46.6. The summed E-state index contributed by atoms with van der Waals surface area (Å²) in [5.41, 5.74) is 2.21. The Bertz CT molecular complexity index is 1380. The number of Topliss-reactive ketones (excluding diaryl/α,β-unsaturated/α-hetero) is 1. The van der Waals surface area contributed by atoms with Crippen molar-refractivity contribution in [2.75, 3.05) is 6.61 Å². The van der Waals surface area contributed by atoms with Crippen molar-refractivity contribution in [3.05, 3.63) is 90.1 Å². The lowest BCUT2D eigenvalue weighted by molar-refractivity contribution is 0.0982. The number of aromatic nitrogens is 2. The standard InChI is InChI=1S/C24H21FN2O4S/c1-2-31-23-15-20(9-10-21(23)25)32(29,30)19-7-3-17(4-8-19)5-11-22(28)18-6-12-24-26-13-14-27(24)16-18/h3-4,6-10,12-16H,2,5,11H2,1H3. The number of ether oxygens (including phenoxy) is 1. The molecular formula is C24H21FN2O4S. The molecule has 2 aromatic heterocycles. The predicted molar refractivity (Wildman–Crippen MR) is 117 cm³/mol. The summed E-state index contributed by atoms with van der Waals surface area (Å²) in [4.78, 5) is 16.7. The van der Waals surface area contributed by atoms with Crippen molar-refractivity contribution >= 4 is 21.3 Å². The Morgan fingerprint density at radius 1 is 1.06 bits per heavy atom. The number of benzene rings is 2. The van der Waals surface area contributed by atoms with Crippen molar-refractivity contribution in [2.45, 2.75) is 29.6 Å². The number of fused-ring (bicyclic) bond motifs is 1. The van der Waals surface area contributed by atoms with Crippen LogP contribution in [0.4, 0.5) is 4.39 Å². The highest BCUT2D eigenvalue weighted by Gasteiger charge is 2.20. The largest absolute Gasteiger partial charge is 0.491 e. The second-order valence-corrected chi connectivity index (χ2v) is 9.16. The first kappa shape index (κ1) is 21.7. The minimum Gasteiger partial charge on any atom is -0.491 e. The Morgan fingerprint density at radius 3 is 2.56 bits per heavy atom. The van der Waals surface area contributed by atoms with E-state index in [-0.39, 0.29) is 27.9 Å². The van der Waals surface area contributed by atoms with E-state index in [9.17, 15) is 17.6 Å². The highest BCUT2D eigenvalue weighted by Crippen LogP contribution is 2.27. The van der Waals surface area contributed by atoms with Crippen LogP contribution in [0.15, 0.2) is 83.0 Å². The van der Waals surface area contributed by atoms with E-state index in [1.807, 2.05) is 0 Å². The van der Waals surface area contributed by atoms with Gasteiger partial charge in [-0.3, -0.25) is 4.79 Å². The van der Waals surface area contributed by atoms with Crippen LogP contribution in [0.25, 0.3) is 5.65 Å². The number of sulfone groups is 1. The molecule has 0 unspecified atom stereocenters. The van der Waals surface area contributed by atoms with Crippen molar-refractivity contribution in [1.29, 1.82) is 0 Å². The molecule has 4 aromatic rings. The second-order valence-electron chi connectivity index (χ2n) is 7.21. The molecule has 0 atom stereocenters. The molecule has 0 saturated carbocycles. The maximum absolute atomic E-state index is 13.8. The molecule has 6 nitrogen and oxygen atoms in total. The van der Waals surface area contributed by atoms with Crippen LogP contribution in [-0.2, 0) is 16.3 Å². The van der Waals surface area contributed by atoms with Crippen LogP contribution < -0.4 is 4.74 Å². The zero-order valence-corrected chi connectivity index (χ0v) is 18.2. The molecule has 8 heteroatoms. The Morgan fingerprint density at radius 2 is 1.81 bits per heavy atom. The minimum atomic E-state index is -3.83. The number of nitrogens with zero attached hydrogens (tertiary/aromatic N) is 2. The van der Waals surface area contributed by atoms with Gasteiger partial charge in [0.1, 0.15) is 5.65 Å². The van der Waals surface area contributed by atoms with E-state index in [4.69, 9.17) is 4.74 Å². The van der Waals surface area contributed by atoms with Gasteiger partial charge in [0.15, 0.2) is 17.3 Å². The molecule has 0 spiro atoms. The third-order valence-corrected chi connectivity index (χ3v) is 6.87. The van der Waals surface area contributed by atoms with E-state index >= 15 is 0 Å². The van der Waals surface area contributed by atoms with Crippen molar-refractivity contribution in [2.24, 2.45) is 0 Å². The number of hydrogen-bond acceptors (Lipinski definition) is 5. The highest BCUT2D eigenvalue weighted by atomic mass is 32.2. The maximum Gasteiger partial charge on any atom is 0.206 e. The Labute approximate surface area is 185 Å². The van der Waals surface area contributed by atoms with E-state index < -0.39 is 15.7 Å². The molecule has 0 aliphatic rings. The molecule has 0 saturated heterocycles. The van der Waals surface area contributed by atoms with Crippen LogP contribution >= 0.6 is 0 Å². The molecule has 2 heterocycles. The number of rotatable bonds is 8. The molecule has 0 aliphatic carbocycles. The van der Waals surface area contributed by atoms with E-state index in [0.29, 0.717) is 18.4 Å². The SMILES string of the molecule is CCOc1cc(S(=O)(=O)c2ccc(CCC(=O)c3ccc4nccn4c3)cc2)ccc1F. The van der Waals surface area contributed by atoms with Crippen molar-refractivity contribution < 1.29 is 22.3 Å². The summed E-state index contributed by atoms with van der Waals surface area (Å²) in [6.07, 6.45) is 5.97. The topological polar surface area (TPSA) is 77.7 Å². The van der Waals surface area contributed by atoms with E-state index in [2.05, 4.69) is 4.98 Å². The molecular weight excluding hydrogens is 431 g/mol. The van der Waals surface area contributed by atoms with Gasteiger partial charge in [-0.2, -0.15) is 0 Å². The second kappa shape index (κ2) is 8.92. The van der Waals surface area contributed by atoms with Gasteiger partial charge in [0, 0.05) is 36.6 Å². The van der Waals surface area contributed by atoms with Crippen LogP contribution in [0.2, 0.25) is 0 Å². The van der Waals surface area contributed by atoms with Crippen LogP contribution in [0.5, 0.6) is 5.75 Å². The van der Waals surface area contributed by atoms with Gasteiger partial charge in [0.25, 0.3) is 0 Å². The van der Waals surface area contributed by atoms with Crippen molar-refractivity contribution in [3.8, 4) is 5.75 Å². The van der Waals surface area contributed by atoms with Crippen LogP contribution in [0, 0.1) is 5.82 Å². The molecule has 164 valence electrons. The molecule has 0 amide bonds. The molecule has 0 fully saturated rings. The van der Waals surface area contributed by atoms with Gasteiger partial charge in [0.2, 0.25) is 9.84 Å². The third-order valence-electron chi connectivity index (χ3n) is 5.10. The van der Waals surface area contributed by atoms with Crippen LogP contribution in [0.1, 0.15) is 29.3 Å². The number of carbonyl (C=O) groups excluding carboxylic acids is 1. The minimum absolute atomic E-state index is 0.00735. The summed E-state index contributed by atoms with van der Waals surface area (Å²) >= 11 is 0. The summed E-state index contributed by atoms with van der Waals surface area (Å²) in [5, 5.41) is 0. The lowest BCUT2D eigenvalue weighted by Crippen LogP contribution is -2.05. The number of imidazole rings is 1. The summed E-state index contributed by atoms with van der Waals surface area (Å²) in [6.45, 7) is 1.92. The average molecular weight is 453 g/mol. The molecule has 4 rings (SSSR count). The smallest absolute Gasteiger partial charge is 0.206 e. The number of carbonyl (C=O) groups is 1. The summed E-state index contributed by atoms with van der Waals surface area (Å²) in [7, 11) is -3.83. The van der Waals surface area contributed by atoms with Crippen LogP contribution in [-0.4, -0.2) is 30.2 Å². The van der Waals surface area contributed by atoms with Gasteiger partial charge in [-0.15, -0.1) is 0 Å². The third kappa shape index (κ3) is 4.40. The van der Waals surface area contributed by atoms with Gasteiger partial charge < -0.3 is 9.14 Å². The van der Waals surface area contributed by atoms with Gasteiger partial charge in [0.05, 0.1) is 16.4 Å². The molecule has 32 heavy (non-hydrogen) atoms. The molecule has 0 aliphatic heterocycles. The molecule has 0 N–H and O–H groups in total. The number of ketones is 1. The quantitative estimate of drug-likeness (QED) is 0.290. The Kier molecular flexibility index (Phi) is 6.05. The fourth-order valence-corrected chi connectivity index (χ4v) is 4.65. The van der Waals surface area contributed by atoms with Crippen LogP contribution in [0.3, 0.4) is 0 Å². The first-order chi connectivity index (χ1) is 15.4. The number of pyridine rings is 1. The van der Waals surface area contributed by atoms with Gasteiger partial charge >= 0.3 is 0 Å². The zero-order chi connectivity index (χ0) is 22.7. The molecule has 0 radical (unpaired) electrons. The summed E-state index contributed by atoms with van der Waals surface area (Å²) in [5.74, 6) is -0.720. The van der Waals surface area contributed by atoms with E-state index in [0.717, 1.165) is 17.3 Å². The predicted octanol–water partition coefficient (Wildman–Crippen LogP) is 4.52. The van der Waals surface area contributed by atoms with Gasteiger partial charge in [-0.25, -0.2) is 17.8 Å². The molecule has 2 aromatic carbocycles. The van der Waals surface area contributed by atoms with Crippen molar-refractivity contribution in [3.63, 3.8) is 0 Å². The van der Waals surface area contributed by atoms with E-state index in [1.165, 1.54) is 24.3 Å². The lowest BCUT2D eigenvalue weighted by atomic mass is 10.0. The Hall–Kier alpha value is -3.52. The van der Waals surface area contributed by atoms with Gasteiger partial charge in [-0.1, -0.05) is 12.1 Å². The molecule has 0 bridgehead atoms.